The maximum Gasteiger partial charge on any atom is 0.253 e. The second-order valence-electron chi connectivity index (χ2n) is 3.77. The largest absolute Gasteiger partial charge is 0.338 e. The fourth-order valence-electron chi connectivity index (χ4n) is 1.78. The standard InChI is InChI=1S/C12H14NO/c1-10-7-8-13(9-10)12(14)11-5-3-2-4-6-11/h2-6,10H,1,7-9H2. The molecule has 0 spiro atoms. The third-order valence-corrected chi connectivity index (χ3v) is 2.59. The summed E-state index contributed by atoms with van der Waals surface area (Å²) in [6.07, 6.45) is 1.03. The first-order valence-electron chi connectivity index (χ1n) is 4.95. The zero-order valence-corrected chi connectivity index (χ0v) is 8.15. The van der Waals surface area contributed by atoms with Crippen molar-refractivity contribution >= 4 is 5.91 Å². The highest BCUT2D eigenvalue weighted by Gasteiger charge is 2.23. The van der Waals surface area contributed by atoms with Gasteiger partial charge in [-0.05, 0) is 31.4 Å². The van der Waals surface area contributed by atoms with Gasteiger partial charge in [0, 0.05) is 18.7 Å². The molecule has 1 atom stereocenters. The summed E-state index contributed by atoms with van der Waals surface area (Å²) in [7, 11) is 0. The van der Waals surface area contributed by atoms with Gasteiger partial charge in [0.05, 0.1) is 0 Å². The molecule has 1 amide bonds. The third kappa shape index (κ3) is 1.79. The number of carbonyl (C=O) groups is 1. The van der Waals surface area contributed by atoms with Crippen molar-refractivity contribution in [3.63, 3.8) is 0 Å². The molecule has 0 saturated carbocycles. The summed E-state index contributed by atoms with van der Waals surface area (Å²) in [5, 5.41) is 0. The van der Waals surface area contributed by atoms with E-state index in [1.165, 1.54) is 0 Å². The Bertz CT molecular complexity index is 320. The second-order valence-corrected chi connectivity index (χ2v) is 3.77. The first-order chi connectivity index (χ1) is 6.77. The van der Waals surface area contributed by atoms with Gasteiger partial charge in [-0.1, -0.05) is 18.2 Å². The van der Waals surface area contributed by atoms with E-state index in [9.17, 15) is 4.79 Å². The molecule has 2 heteroatoms. The Morgan fingerprint density at radius 1 is 1.36 bits per heavy atom. The topological polar surface area (TPSA) is 20.3 Å². The van der Waals surface area contributed by atoms with Crippen LogP contribution in [0.25, 0.3) is 0 Å². The highest BCUT2D eigenvalue weighted by Crippen LogP contribution is 2.17. The Hall–Kier alpha value is -1.31. The molecule has 1 aromatic rings. The van der Waals surface area contributed by atoms with Gasteiger partial charge >= 0.3 is 0 Å². The molecule has 1 aliphatic rings. The van der Waals surface area contributed by atoms with Crippen molar-refractivity contribution in [2.75, 3.05) is 13.1 Å². The predicted molar refractivity (Wildman–Crippen MR) is 55.8 cm³/mol. The molecule has 2 nitrogen and oxygen atoms in total. The minimum Gasteiger partial charge on any atom is -0.338 e. The number of nitrogens with zero attached hydrogens (tertiary/aromatic N) is 1. The molecule has 73 valence electrons. The average Bonchev–Trinajstić information content (AvgIpc) is 2.65. The average molecular weight is 188 g/mol. The summed E-state index contributed by atoms with van der Waals surface area (Å²) in [4.78, 5) is 13.8. The maximum absolute atomic E-state index is 11.9. The van der Waals surface area contributed by atoms with E-state index < -0.39 is 0 Å². The molecule has 1 saturated heterocycles. The fraction of sp³-hybridized carbons (Fsp3) is 0.333. The molecular weight excluding hydrogens is 174 g/mol. The van der Waals surface area contributed by atoms with Crippen LogP contribution in [-0.4, -0.2) is 23.9 Å². The lowest BCUT2D eigenvalue weighted by molar-refractivity contribution is 0.0789. The molecule has 1 unspecified atom stereocenters. The summed E-state index contributed by atoms with van der Waals surface area (Å²) in [5.41, 5.74) is 0.779. The summed E-state index contributed by atoms with van der Waals surface area (Å²) in [6.45, 7) is 5.62. The van der Waals surface area contributed by atoms with Gasteiger partial charge in [-0.25, -0.2) is 0 Å². The van der Waals surface area contributed by atoms with Crippen LogP contribution >= 0.6 is 0 Å². The van der Waals surface area contributed by atoms with Gasteiger partial charge < -0.3 is 4.90 Å². The highest BCUT2D eigenvalue weighted by molar-refractivity contribution is 5.94. The SMILES string of the molecule is [CH2]C1CCN(C(=O)c2ccccc2)C1. The monoisotopic (exact) mass is 188 g/mol. The zero-order chi connectivity index (χ0) is 9.97. The second kappa shape index (κ2) is 3.82. The number of likely N-dealkylation sites (tertiary alicyclic amines) is 1. The number of amides is 1. The van der Waals surface area contributed by atoms with E-state index in [1.54, 1.807) is 0 Å². The Labute approximate surface area is 84.5 Å². The summed E-state index contributed by atoms with van der Waals surface area (Å²) in [6, 6.07) is 9.43. The normalized spacial score (nSPS) is 21.2. The summed E-state index contributed by atoms with van der Waals surface area (Å²) < 4.78 is 0. The van der Waals surface area contributed by atoms with E-state index in [1.807, 2.05) is 35.2 Å². The van der Waals surface area contributed by atoms with E-state index in [0.29, 0.717) is 5.92 Å². The maximum atomic E-state index is 11.9. The molecule has 1 radical (unpaired) electrons. The van der Waals surface area contributed by atoms with Crippen LogP contribution in [0.5, 0.6) is 0 Å². The first kappa shape index (κ1) is 9.25. The van der Waals surface area contributed by atoms with E-state index >= 15 is 0 Å². The van der Waals surface area contributed by atoms with E-state index in [4.69, 9.17) is 0 Å². The van der Waals surface area contributed by atoms with Gasteiger partial charge in [0.15, 0.2) is 0 Å². The van der Waals surface area contributed by atoms with Crippen molar-refractivity contribution in [2.45, 2.75) is 6.42 Å². The van der Waals surface area contributed by atoms with Crippen molar-refractivity contribution in [1.82, 2.24) is 4.90 Å². The minimum absolute atomic E-state index is 0.136. The van der Waals surface area contributed by atoms with Gasteiger partial charge in [-0.2, -0.15) is 0 Å². The number of carbonyl (C=O) groups excluding carboxylic acids is 1. The Morgan fingerprint density at radius 3 is 2.64 bits per heavy atom. The van der Waals surface area contributed by atoms with Gasteiger partial charge in [0.2, 0.25) is 0 Å². The predicted octanol–water partition coefficient (Wildman–Crippen LogP) is 1.98. The smallest absolute Gasteiger partial charge is 0.253 e. The molecule has 1 fully saturated rings. The molecule has 0 bridgehead atoms. The van der Waals surface area contributed by atoms with Crippen LogP contribution in [-0.2, 0) is 0 Å². The zero-order valence-electron chi connectivity index (χ0n) is 8.15. The van der Waals surface area contributed by atoms with E-state index in [-0.39, 0.29) is 5.91 Å². The third-order valence-electron chi connectivity index (χ3n) is 2.59. The Kier molecular flexibility index (Phi) is 2.53. The van der Waals surface area contributed by atoms with Crippen LogP contribution in [0, 0.1) is 12.8 Å². The number of hydrogen-bond donors (Lipinski definition) is 0. The van der Waals surface area contributed by atoms with Gasteiger partial charge in [-0.3, -0.25) is 4.79 Å². The lowest BCUT2D eigenvalue weighted by Gasteiger charge is -2.15. The minimum atomic E-state index is 0.136. The molecule has 2 rings (SSSR count). The van der Waals surface area contributed by atoms with E-state index in [2.05, 4.69) is 6.92 Å². The number of benzene rings is 1. The molecule has 0 aliphatic carbocycles. The molecular formula is C12H14NO. The van der Waals surface area contributed by atoms with Crippen molar-refractivity contribution in [3.8, 4) is 0 Å². The quantitative estimate of drug-likeness (QED) is 0.660. The summed E-state index contributed by atoms with van der Waals surface area (Å²) in [5.74, 6) is 0.541. The molecule has 1 aromatic carbocycles. The van der Waals surface area contributed by atoms with Crippen molar-refractivity contribution in [1.29, 1.82) is 0 Å². The lowest BCUT2D eigenvalue weighted by Crippen LogP contribution is -2.28. The highest BCUT2D eigenvalue weighted by atomic mass is 16.2. The number of hydrogen-bond acceptors (Lipinski definition) is 1. The van der Waals surface area contributed by atoms with Crippen LogP contribution in [0.3, 0.4) is 0 Å². The van der Waals surface area contributed by atoms with Crippen LogP contribution in [0.1, 0.15) is 16.8 Å². The molecule has 0 aromatic heterocycles. The van der Waals surface area contributed by atoms with Crippen molar-refractivity contribution in [3.05, 3.63) is 42.8 Å². The van der Waals surface area contributed by atoms with Crippen LogP contribution in [0.4, 0.5) is 0 Å². The molecule has 0 N–H and O–H groups in total. The molecule has 14 heavy (non-hydrogen) atoms. The number of rotatable bonds is 1. The molecule has 1 aliphatic heterocycles. The fourth-order valence-corrected chi connectivity index (χ4v) is 1.78. The lowest BCUT2D eigenvalue weighted by atomic mass is 10.2. The van der Waals surface area contributed by atoms with Crippen LogP contribution in [0.2, 0.25) is 0 Å². The van der Waals surface area contributed by atoms with Gasteiger partial charge in [0.1, 0.15) is 0 Å². The first-order valence-corrected chi connectivity index (χ1v) is 4.95. The van der Waals surface area contributed by atoms with E-state index in [0.717, 1.165) is 25.1 Å². The van der Waals surface area contributed by atoms with Crippen LogP contribution in [0.15, 0.2) is 30.3 Å². The van der Waals surface area contributed by atoms with Gasteiger partial charge in [-0.15, -0.1) is 0 Å². The van der Waals surface area contributed by atoms with Crippen molar-refractivity contribution < 1.29 is 4.79 Å². The Balaban J connectivity index is 2.10. The Morgan fingerprint density at radius 2 is 2.07 bits per heavy atom. The van der Waals surface area contributed by atoms with Crippen LogP contribution < -0.4 is 0 Å². The summed E-state index contributed by atoms with van der Waals surface area (Å²) >= 11 is 0. The molecule has 1 heterocycles. The van der Waals surface area contributed by atoms with Gasteiger partial charge in [0.25, 0.3) is 5.91 Å². The van der Waals surface area contributed by atoms with Crippen molar-refractivity contribution in [2.24, 2.45) is 5.92 Å².